The third-order valence-corrected chi connectivity index (χ3v) is 1.92. The third kappa shape index (κ3) is 2.52. The van der Waals surface area contributed by atoms with E-state index in [0.717, 1.165) is 0 Å². The largest absolute Gasteiger partial charge is 0.235 e. The topological polar surface area (TPSA) is 29.4 Å². The van der Waals surface area contributed by atoms with Crippen LogP contribution in [0.1, 0.15) is 5.56 Å². The highest BCUT2D eigenvalue weighted by molar-refractivity contribution is 6.34. The van der Waals surface area contributed by atoms with Gasteiger partial charge in [-0.15, -0.1) is 0 Å². The van der Waals surface area contributed by atoms with Crippen LogP contribution in [-0.4, -0.2) is 6.08 Å². The molecule has 0 unspecified atom stereocenters. The van der Waals surface area contributed by atoms with Crippen molar-refractivity contribution < 1.29 is 9.18 Å². The van der Waals surface area contributed by atoms with Gasteiger partial charge in [0.2, 0.25) is 6.08 Å². The molecule has 0 saturated carbocycles. The summed E-state index contributed by atoms with van der Waals surface area (Å²) >= 11 is 11.0. The maximum atomic E-state index is 12.9. The lowest BCUT2D eigenvalue weighted by molar-refractivity contribution is 0.563. The molecule has 1 rings (SSSR count). The average molecular weight is 220 g/mol. The lowest BCUT2D eigenvalue weighted by atomic mass is 10.2. The van der Waals surface area contributed by atoms with Gasteiger partial charge in [0.1, 0.15) is 0 Å². The molecule has 5 heteroatoms. The second-order valence-corrected chi connectivity index (χ2v) is 3.10. The molecule has 0 aliphatic rings. The van der Waals surface area contributed by atoms with Gasteiger partial charge in [-0.1, -0.05) is 23.2 Å². The molecule has 0 fully saturated rings. The van der Waals surface area contributed by atoms with Gasteiger partial charge in [0.05, 0.1) is 16.6 Å². The van der Waals surface area contributed by atoms with Crippen LogP contribution < -0.4 is 0 Å². The number of rotatable bonds is 2. The predicted octanol–water partition coefficient (Wildman–Crippen LogP) is 2.97. The van der Waals surface area contributed by atoms with Gasteiger partial charge in [-0.25, -0.2) is 14.2 Å². The summed E-state index contributed by atoms with van der Waals surface area (Å²) in [4.78, 5) is 13.1. The number of nitrogens with zero attached hydrogens (tertiary/aromatic N) is 1. The average Bonchev–Trinajstić information content (AvgIpc) is 2.10. The SMILES string of the molecule is O=C=NCc1cc(Cl)c(F)c(Cl)c1. The summed E-state index contributed by atoms with van der Waals surface area (Å²) in [5.41, 5.74) is 0.569. The fourth-order valence-corrected chi connectivity index (χ4v) is 1.36. The Morgan fingerprint density at radius 3 is 2.38 bits per heavy atom. The lowest BCUT2D eigenvalue weighted by Crippen LogP contribution is -1.86. The number of aliphatic imine (C=N–C) groups is 1. The molecule has 0 aliphatic carbocycles. The number of hydrogen-bond donors (Lipinski definition) is 0. The molecule has 1 aromatic rings. The highest BCUT2D eigenvalue weighted by Gasteiger charge is 2.06. The first-order valence-corrected chi connectivity index (χ1v) is 4.08. The fraction of sp³-hybridized carbons (Fsp3) is 0.125. The first kappa shape index (κ1) is 10.2. The lowest BCUT2D eigenvalue weighted by Gasteiger charge is -2.00. The Bertz CT molecular complexity index is 351. The van der Waals surface area contributed by atoms with Crippen LogP contribution in [0.25, 0.3) is 0 Å². The summed E-state index contributed by atoms with van der Waals surface area (Å²) in [7, 11) is 0. The van der Waals surface area contributed by atoms with E-state index in [4.69, 9.17) is 23.2 Å². The Balaban J connectivity index is 3.05. The van der Waals surface area contributed by atoms with Crippen LogP contribution in [0.5, 0.6) is 0 Å². The summed E-state index contributed by atoms with van der Waals surface area (Å²) < 4.78 is 12.9. The van der Waals surface area contributed by atoms with E-state index in [1.54, 1.807) is 0 Å². The minimum absolute atomic E-state index is 0.0800. The number of halogens is 3. The molecule has 68 valence electrons. The highest BCUT2D eigenvalue weighted by Crippen LogP contribution is 2.24. The van der Waals surface area contributed by atoms with Gasteiger partial charge in [0.15, 0.2) is 5.82 Å². The van der Waals surface area contributed by atoms with Crippen molar-refractivity contribution in [2.24, 2.45) is 4.99 Å². The smallest absolute Gasteiger partial charge is 0.211 e. The number of carbonyl (C=O) groups excluding carboxylic acids is 1. The van der Waals surface area contributed by atoms with Crippen molar-refractivity contribution in [1.29, 1.82) is 0 Å². The molecular weight excluding hydrogens is 216 g/mol. The molecule has 0 aliphatic heterocycles. The Labute approximate surface area is 84.0 Å². The van der Waals surface area contributed by atoms with E-state index in [-0.39, 0.29) is 16.6 Å². The van der Waals surface area contributed by atoms with Gasteiger partial charge in [-0.2, -0.15) is 0 Å². The van der Waals surface area contributed by atoms with E-state index >= 15 is 0 Å². The second-order valence-electron chi connectivity index (χ2n) is 2.28. The zero-order valence-electron chi connectivity index (χ0n) is 6.35. The molecule has 0 radical (unpaired) electrons. The molecule has 1 aromatic carbocycles. The van der Waals surface area contributed by atoms with Gasteiger partial charge in [-0.3, -0.25) is 0 Å². The van der Waals surface area contributed by atoms with Gasteiger partial charge in [-0.05, 0) is 17.7 Å². The van der Waals surface area contributed by atoms with Crippen LogP contribution in [0.4, 0.5) is 4.39 Å². The standard InChI is InChI=1S/C8H4Cl2FNO/c9-6-1-5(3-12-4-13)2-7(10)8(6)11/h1-2H,3H2. The van der Waals surface area contributed by atoms with Crippen molar-refractivity contribution >= 4 is 29.3 Å². The Hall–Kier alpha value is -0.890. The fourth-order valence-electron chi connectivity index (χ4n) is 0.823. The van der Waals surface area contributed by atoms with Crippen molar-refractivity contribution in [2.75, 3.05) is 0 Å². The number of isocyanates is 1. The maximum absolute atomic E-state index is 12.9. The van der Waals surface area contributed by atoms with Crippen LogP contribution in [0.3, 0.4) is 0 Å². The zero-order valence-corrected chi connectivity index (χ0v) is 7.86. The Morgan fingerprint density at radius 1 is 1.38 bits per heavy atom. The van der Waals surface area contributed by atoms with Gasteiger partial charge in [0, 0.05) is 0 Å². The van der Waals surface area contributed by atoms with E-state index in [0.29, 0.717) is 5.56 Å². The molecule has 0 aromatic heterocycles. The minimum atomic E-state index is -0.665. The van der Waals surface area contributed by atoms with Crippen LogP contribution in [0.2, 0.25) is 10.0 Å². The first-order chi connectivity index (χ1) is 6.15. The molecule has 0 N–H and O–H groups in total. The zero-order chi connectivity index (χ0) is 9.84. The van der Waals surface area contributed by atoms with Crippen molar-refractivity contribution in [3.05, 3.63) is 33.6 Å². The molecule has 0 bridgehead atoms. The summed E-state index contributed by atoms with van der Waals surface area (Å²) in [5.74, 6) is -0.665. The highest BCUT2D eigenvalue weighted by atomic mass is 35.5. The van der Waals surface area contributed by atoms with E-state index in [1.807, 2.05) is 0 Å². The van der Waals surface area contributed by atoms with Crippen LogP contribution in [0, 0.1) is 5.82 Å². The van der Waals surface area contributed by atoms with E-state index in [2.05, 4.69) is 4.99 Å². The van der Waals surface area contributed by atoms with E-state index < -0.39 is 5.82 Å². The van der Waals surface area contributed by atoms with E-state index in [1.165, 1.54) is 18.2 Å². The van der Waals surface area contributed by atoms with Crippen molar-refractivity contribution in [2.45, 2.75) is 6.54 Å². The Kier molecular flexibility index (Phi) is 3.43. The van der Waals surface area contributed by atoms with Gasteiger partial charge >= 0.3 is 0 Å². The normalized spacial score (nSPS) is 9.46. The predicted molar refractivity (Wildman–Crippen MR) is 48.2 cm³/mol. The van der Waals surface area contributed by atoms with Crippen molar-refractivity contribution in [3.8, 4) is 0 Å². The molecule has 0 saturated heterocycles. The van der Waals surface area contributed by atoms with Crippen molar-refractivity contribution in [3.63, 3.8) is 0 Å². The third-order valence-electron chi connectivity index (χ3n) is 1.37. The Morgan fingerprint density at radius 2 is 1.92 bits per heavy atom. The van der Waals surface area contributed by atoms with Crippen LogP contribution >= 0.6 is 23.2 Å². The van der Waals surface area contributed by atoms with E-state index in [9.17, 15) is 9.18 Å². The summed E-state index contributed by atoms with van der Waals surface area (Å²) in [6, 6.07) is 2.73. The number of benzene rings is 1. The van der Waals surface area contributed by atoms with Crippen LogP contribution in [0.15, 0.2) is 17.1 Å². The quantitative estimate of drug-likeness (QED) is 0.428. The first-order valence-electron chi connectivity index (χ1n) is 3.32. The van der Waals surface area contributed by atoms with Crippen LogP contribution in [-0.2, 0) is 11.3 Å². The number of hydrogen-bond acceptors (Lipinski definition) is 2. The minimum Gasteiger partial charge on any atom is -0.211 e. The van der Waals surface area contributed by atoms with Gasteiger partial charge < -0.3 is 0 Å². The van der Waals surface area contributed by atoms with Crippen molar-refractivity contribution in [1.82, 2.24) is 0 Å². The monoisotopic (exact) mass is 219 g/mol. The summed E-state index contributed by atoms with van der Waals surface area (Å²) in [6.07, 6.45) is 1.36. The summed E-state index contributed by atoms with van der Waals surface area (Å²) in [6.45, 7) is 0.100. The van der Waals surface area contributed by atoms with Gasteiger partial charge in [0.25, 0.3) is 0 Å². The molecule has 0 spiro atoms. The molecule has 0 amide bonds. The molecule has 0 atom stereocenters. The molecule has 0 heterocycles. The summed E-state index contributed by atoms with van der Waals surface area (Å²) in [5, 5.41) is -0.160. The molecule has 13 heavy (non-hydrogen) atoms. The maximum Gasteiger partial charge on any atom is 0.235 e. The molecule has 2 nitrogen and oxygen atoms in total. The molecular formula is C8H4Cl2FNO. The second kappa shape index (κ2) is 4.38.